The number of rotatable bonds is 5. The van der Waals surface area contributed by atoms with Crippen LogP contribution in [0.2, 0.25) is 0 Å². The lowest BCUT2D eigenvalue weighted by molar-refractivity contribution is 0.254. The monoisotopic (exact) mass is 261 g/mol. The highest BCUT2D eigenvalue weighted by atomic mass is 32.2. The number of aliphatic hydroxyl groups is 1. The van der Waals surface area contributed by atoms with Crippen LogP contribution in [0.3, 0.4) is 0 Å². The number of halogens is 1. The zero-order chi connectivity index (χ0) is 13.1. The molecule has 0 fully saturated rings. The molecule has 6 heteroatoms. The second kappa shape index (κ2) is 5.57. The zero-order valence-corrected chi connectivity index (χ0v) is 10.6. The molecule has 0 saturated carbocycles. The van der Waals surface area contributed by atoms with Gasteiger partial charge in [0, 0.05) is 6.04 Å². The molecule has 1 aromatic carbocycles. The molecular weight excluding hydrogens is 245 g/mol. The Kier molecular flexibility index (Phi) is 4.62. The summed E-state index contributed by atoms with van der Waals surface area (Å²) in [6.07, 6.45) is 0.462. The van der Waals surface area contributed by atoms with Gasteiger partial charge in [-0.2, -0.15) is 0 Å². The molecule has 0 amide bonds. The minimum Gasteiger partial charge on any atom is -0.395 e. The summed E-state index contributed by atoms with van der Waals surface area (Å²) in [5.74, 6) is -0.565. The molecule has 17 heavy (non-hydrogen) atoms. The van der Waals surface area contributed by atoms with Crippen LogP contribution in [0, 0.1) is 12.7 Å². The van der Waals surface area contributed by atoms with E-state index in [0.29, 0.717) is 12.0 Å². The average Bonchev–Trinajstić information content (AvgIpc) is 2.29. The van der Waals surface area contributed by atoms with Crippen molar-refractivity contribution in [3.05, 3.63) is 29.6 Å². The highest BCUT2D eigenvalue weighted by molar-refractivity contribution is 7.89. The van der Waals surface area contributed by atoms with Crippen LogP contribution < -0.4 is 4.72 Å². The summed E-state index contributed by atoms with van der Waals surface area (Å²) in [5, 5.41) is 8.93. The van der Waals surface area contributed by atoms with Gasteiger partial charge in [0.2, 0.25) is 10.0 Å². The van der Waals surface area contributed by atoms with Crippen LogP contribution in [0.5, 0.6) is 0 Å². The number of hydrogen-bond donors (Lipinski definition) is 2. The Morgan fingerprint density at radius 3 is 2.59 bits per heavy atom. The Morgan fingerprint density at radius 1 is 1.47 bits per heavy atom. The average molecular weight is 261 g/mol. The summed E-state index contributed by atoms with van der Waals surface area (Å²) in [7, 11) is -3.77. The topological polar surface area (TPSA) is 66.4 Å². The highest BCUT2D eigenvalue weighted by Crippen LogP contribution is 2.14. The van der Waals surface area contributed by atoms with Crippen molar-refractivity contribution in [2.45, 2.75) is 31.2 Å². The number of sulfonamides is 1. The van der Waals surface area contributed by atoms with Gasteiger partial charge in [-0.05, 0) is 31.0 Å². The van der Waals surface area contributed by atoms with Crippen LogP contribution in [0.15, 0.2) is 23.1 Å². The van der Waals surface area contributed by atoms with Crippen LogP contribution in [0.4, 0.5) is 4.39 Å². The van der Waals surface area contributed by atoms with Gasteiger partial charge in [0.25, 0.3) is 0 Å². The van der Waals surface area contributed by atoms with E-state index in [2.05, 4.69) is 4.72 Å². The van der Waals surface area contributed by atoms with Gasteiger partial charge in [-0.1, -0.05) is 13.0 Å². The standard InChI is InChI=1S/C11H16FNO3S/c1-3-9(7-14)13-17(15,16)10-5-4-8(2)11(12)6-10/h4-6,9,13-14H,3,7H2,1-2H3. The molecule has 4 nitrogen and oxygen atoms in total. The Bertz CT molecular complexity index is 483. The first kappa shape index (κ1) is 14.1. The van der Waals surface area contributed by atoms with Gasteiger partial charge in [-0.25, -0.2) is 17.5 Å². The van der Waals surface area contributed by atoms with Gasteiger partial charge in [-0.15, -0.1) is 0 Å². The quantitative estimate of drug-likeness (QED) is 0.836. The molecule has 0 heterocycles. The Morgan fingerprint density at radius 2 is 2.12 bits per heavy atom. The maximum atomic E-state index is 13.3. The van der Waals surface area contributed by atoms with E-state index in [1.807, 2.05) is 0 Å². The van der Waals surface area contributed by atoms with Crippen LogP contribution >= 0.6 is 0 Å². The summed E-state index contributed by atoms with van der Waals surface area (Å²) in [6, 6.07) is 3.17. The van der Waals surface area contributed by atoms with Crippen molar-refractivity contribution in [3.63, 3.8) is 0 Å². The van der Waals surface area contributed by atoms with Crippen molar-refractivity contribution >= 4 is 10.0 Å². The second-order valence-corrected chi connectivity index (χ2v) is 5.53. The molecule has 0 aliphatic heterocycles. The summed E-state index contributed by atoms with van der Waals surface area (Å²) in [5.41, 5.74) is 0.387. The number of hydrogen-bond acceptors (Lipinski definition) is 3. The molecule has 96 valence electrons. The van der Waals surface area contributed by atoms with E-state index in [1.165, 1.54) is 12.1 Å². The molecule has 0 bridgehead atoms. The van der Waals surface area contributed by atoms with E-state index in [9.17, 15) is 12.8 Å². The number of aliphatic hydroxyl groups excluding tert-OH is 1. The Labute approximate surface area is 101 Å². The lowest BCUT2D eigenvalue weighted by atomic mass is 10.2. The molecule has 0 radical (unpaired) electrons. The Balaban J connectivity index is 3.01. The van der Waals surface area contributed by atoms with E-state index in [-0.39, 0.29) is 11.5 Å². The number of nitrogens with one attached hydrogen (secondary N) is 1. The minimum atomic E-state index is -3.77. The fraction of sp³-hybridized carbons (Fsp3) is 0.455. The summed E-state index contributed by atoms with van der Waals surface area (Å²) in [4.78, 5) is -0.132. The second-order valence-electron chi connectivity index (χ2n) is 3.82. The normalized spacial score (nSPS) is 13.6. The molecule has 0 aliphatic rings. The van der Waals surface area contributed by atoms with Crippen LogP contribution in [0.25, 0.3) is 0 Å². The first-order valence-corrected chi connectivity index (χ1v) is 6.78. The third-order valence-electron chi connectivity index (χ3n) is 2.49. The van der Waals surface area contributed by atoms with E-state index in [1.54, 1.807) is 13.8 Å². The zero-order valence-electron chi connectivity index (χ0n) is 9.77. The van der Waals surface area contributed by atoms with Gasteiger partial charge in [0.15, 0.2) is 0 Å². The predicted octanol–water partition coefficient (Wildman–Crippen LogP) is 1.18. The molecule has 1 rings (SSSR count). The van der Waals surface area contributed by atoms with Gasteiger partial charge >= 0.3 is 0 Å². The van der Waals surface area contributed by atoms with Crippen LogP contribution in [-0.2, 0) is 10.0 Å². The van der Waals surface area contributed by atoms with Crippen molar-refractivity contribution in [1.29, 1.82) is 0 Å². The van der Waals surface area contributed by atoms with Crippen molar-refractivity contribution in [2.75, 3.05) is 6.61 Å². The molecule has 0 aliphatic carbocycles. The molecule has 1 unspecified atom stereocenters. The SMILES string of the molecule is CCC(CO)NS(=O)(=O)c1ccc(C)c(F)c1. The third-order valence-corrected chi connectivity index (χ3v) is 4.01. The fourth-order valence-electron chi connectivity index (χ4n) is 1.28. The fourth-order valence-corrected chi connectivity index (χ4v) is 2.60. The first-order chi connectivity index (χ1) is 7.90. The molecule has 2 N–H and O–H groups in total. The van der Waals surface area contributed by atoms with Crippen LogP contribution in [0.1, 0.15) is 18.9 Å². The Hall–Kier alpha value is -0.980. The maximum Gasteiger partial charge on any atom is 0.241 e. The van der Waals surface area contributed by atoms with E-state index in [0.717, 1.165) is 6.07 Å². The van der Waals surface area contributed by atoms with Crippen LogP contribution in [-0.4, -0.2) is 26.2 Å². The molecular formula is C11H16FNO3S. The van der Waals surface area contributed by atoms with E-state index in [4.69, 9.17) is 5.11 Å². The van der Waals surface area contributed by atoms with Gasteiger partial charge < -0.3 is 5.11 Å². The van der Waals surface area contributed by atoms with Crippen molar-refractivity contribution < 1.29 is 17.9 Å². The molecule has 0 aromatic heterocycles. The summed E-state index contributed by atoms with van der Waals surface area (Å²) < 4.78 is 39.3. The third kappa shape index (κ3) is 3.49. The minimum absolute atomic E-state index is 0.132. The highest BCUT2D eigenvalue weighted by Gasteiger charge is 2.19. The largest absolute Gasteiger partial charge is 0.395 e. The van der Waals surface area contributed by atoms with Gasteiger partial charge in [0.05, 0.1) is 11.5 Å². The molecule has 1 aromatic rings. The predicted molar refractivity (Wildman–Crippen MR) is 62.6 cm³/mol. The maximum absolute atomic E-state index is 13.3. The first-order valence-electron chi connectivity index (χ1n) is 5.30. The van der Waals surface area contributed by atoms with E-state index < -0.39 is 21.9 Å². The van der Waals surface area contributed by atoms with Gasteiger partial charge in [0.1, 0.15) is 5.82 Å². The van der Waals surface area contributed by atoms with Gasteiger partial charge in [-0.3, -0.25) is 0 Å². The molecule has 0 spiro atoms. The lowest BCUT2D eigenvalue weighted by Crippen LogP contribution is -2.36. The number of benzene rings is 1. The van der Waals surface area contributed by atoms with Crippen molar-refractivity contribution in [2.24, 2.45) is 0 Å². The van der Waals surface area contributed by atoms with Crippen molar-refractivity contribution in [1.82, 2.24) is 4.72 Å². The molecule has 0 saturated heterocycles. The van der Waals surface area contributed by atoms with E-state index >= 15 is 0 Å². The van der Waals surface area contributed by atoms with Crippen molar-refractivity contribution in [3.8, 4) is 0 Å². The number of aryl methyl sites for hydroxylation is 1. The summed E-state index contributed by atoms with van der Waals surface area (Å²) >= 11 is 0. The lowest BCUT2D eigenvalue weighted by Gasteiger charge is -2.14. The molecule has 1 atom stereocenters. The smallest absolute Gasteiger partial charge is 0.241 e. The summed E-state index contributed by atoms with van der Waals surface area (Å²) in [6.45, 7) is 3.02.